The second-order valence-corrected chi connectivity index (χ2v) is 9.29. The van der Waals surface area contributed by atoms with Gasteiger partial charge in [0.1, 0.15) is 5.82 Å². The van der Waals surface area contributed by atoms with E-state index < -0.39 is 0 Å². The third kappa shape index (κ3) is 10.7. The van der Waals surface area contributed by atoms with E-state index in [1.807, 2.05) is 9.80 Å². The lowest BCUT2D eigenvalue weighted by atomic mass is 10.1. The topological polar surface area (TPSA) is 43.9 Å². The van der Waals surface area contributed by atoms with Crippen molar-refractivity contribution in [3.63, 3.8) is 0 Å². The van der Waals surface area contributed by atoms with Crippen molar-refractivity contribution >= 4 is 11.8 Å². The minimum absolute atomic E-state index is 0.171. The average molecular weight is 462 g/mol. The maximum atomic E-state index is 13.3. The second-order valence-electron chi connectivity index (χ2n) is 9.29. The van der Waals surface area contributed by atoms with Crippen molar-refractivity contribution < 1.29 is 14.0 Å². The first-order valence-electron chi connectivity index (χ1n) is 13.1. The van der Waals surface area contributed by atoms with E-state index in [2.05, 4.69) is 18.7 Å². The first kappa shape index (κ1) is 27.3. The molecule has 0 atom stereocenters. The zero-order valence-electron chi connectivity index (χ0n) is 20.9. The van der Waals surface area contributed by atoms with Crippen LogP contribution in [0, 0.1) is 5.82 Å². The molecule has 0 saturated carbocycles. The van der Waals surface area contributed by atoms with Crippen molar-refractivity contribution in [1.82, 2.24) is 14.7 Å². The highest BCUT2D eigenvalue weighted by Gasteiger charge is 2.22. The number of carbonyl (C=O) groups is 2. The molecule has 2 amide bonds. The number of halogens is 1. The number of piperazine rings is 1. The largest absolute Gasteiger partial charge is 0.340 e. The molecule has 0 N–H and O–H groups in total. The Morgan fingerprint density at radius 2 is 1.45 bits per heavy atom. The number of unbranched alkanes of at least 4 members (excludes halogenated alkanes) is 6. The molecule has 0 spiro atoms. The maximum absolute atomic E-state index is 13.3. The molecule has 0 aliphatic carbocycles. The predicted molar refractivity (Wildman–Crippen MR) is 132 cm³/mol. The predicted octanol–water partition coefficient (Wildman–Crippen LogP) is 5.24. The highest BCUT2D eigenvalue weighted by atomic mass is 19.1. The zero-order chi connectivity index (χ0) is 23.9. The summed E-state index contributed by atoms with van der Waals surface area (Å²) in [6.07, 6.45) is 10.1. The first-order chi connectivity index (χ1) is 16.0. The third-order valence-electron chi connectivity index (χ3n) is 6.54. The number of hydrogen-bond acceptors (Lipinski definition) is 3. The fourth-order valence-electron chi connectivity index (χ4n) is 4.31. The van der Waals surface area contributed by atoms with Gasteiger partial charge >= 0.3 is 0 Å². The van der Waals surface area contributed by atoms with Crippen LogP contribution in [0.25, 0.3) is 0 Å². The molecule has 1 heterocycles. The van der Waals surface area contributed by atoms with Gasteiger partial charge in [0.05, 0.1) is 0 Å². The van der Waals surface area contributed by atoms with Gasteiger partial charge in [-0.25, -0.2) is 4.39 Å². The van der Waals surface area contributed by atoms with Crippen molar-refractivity contribution in [3.05, 3.63) is 35.6 Å². The average Bonchev–Trinajstić information content (AvgIpc) is 2.83. The molecule has 2 rings (SSSR count). The van der Waals surface area contributed by atoms with E-state index >= 15 is 0 Å². The van der Waals surface area contributed by atoms with Gasteiger partial charge in [0.15, 0.2) is 0 Å². The molecule has 0 aromatic heterocycles. The Hall–Kier alpha value is -1.95. The molecule has 0 radical (unpaired) electrons. The Morgan fingerprint density at radius 1 is 0.848 bits per heavy atom. The van der Waals surface area contributed by atoms with Gasteiger partial charge in [0.2, 0.25) is 11.8 Å². The van der Waals surface area contributed by atoms with Gasteiger partial charge in [-0.3, -0.25) is 14.5 Å². The fraction of sp³-hybridized carbons (Fsp3) is 0.704. The van der Waals surface area contributed by atoms with E-state index in [4.69, 9.17) is 0 Å². The quantitative estimate of drug-likeness (QED) is 0.336. The lowest BCUT2D eigenvalue weighted by molar-refractivity contribution is -0.133. The monoisotopic (exact) mass is 461 g/mol. The lowest BCUT2D eigenvalue weighted by Gasteiger charge is -2.36. The summed E-state index contributed by atoms with van der Waals surface area (Å²) in [5, 5.41) is 0. The van der Waals surface area contributed by atoms with E-state index in [0.717, 1.165) is 70.4 Å². The SMILES string of the molecule is CCCCCCCC(=O)N1CCN(CCN(Cc2ccc(F)cc2)C(=O)CCCCC)CC1. The molecule has 1 aliphatic heterocycles. The van der Waals surface area contributed by atoms with Gasteiger partial charge in [0.25, 0.3) is 0 Å². The molecule has 1 aliphatic rings. The maximum Gasteiger partial charge on any atom is 0.222 e. The van der Waals surface area contributed by atoms with Gasteiger partial charge in [-0.2, -0.15) is 0 Å². The number of benzene rings is 1. The molecule has 186 valence electrons. The summed E-state index contributed by atoms with van der Waals surface area (Å²) < 4.78 is 13.3. The van der Waals surface area contributed by atoms with Gasteiger partial charge in [-0.1, -0.05) is 64.5 Å². The lowest BCUT2D eigenvalue weighted by Crippen LogP contribution is -2.50. The zero-order valence-corrected chi connectivity index (χ0v) is 20.9. The van der Waals surface area contributed by atoms with Crippen LogP contribution < -0.4 is 0 Å². The van der Waals surface area contributed by atoms with Gasteiger partial charge in [-0.15, -0.1) is 0 Å². The molecule has 0 bridgehead atoms. The van der Waals surface area contributed by atoms with Gasteiger partial charge in [0, 0.05) is 58.7 Å². The summed E-state index contributed by atoms with van der Waals surface area (Å²) in [5.41, 5.74) is 0.953. The summed E-state index contributed by atoms with van der Waals surface area (Å²) in [6, 6.07) is 6.42. The Kier molecular flexibility index (Phi) is 13.1. The molecular weight excluding hydrogens is 417 g/mol. The van der Waals surface area contributed by atoms with Crippen molar-refractivity contribution in [3.8, 4) is 0 Å². The molecule has 5 nitrogen and oxygen atoms in total. The highest BCUT2D eigenvalue weighted by Crippen LogP contribution is 2.12. The van der Waals surface area contributed by atoms with Crippen molar-refractivity contribution in [2.75, 3.05) is 39.3 Å². The molecule has 1 saturated heterocycles. The van der Waals surface area contributed by atoms with Crippen molar-refractivity contribution in [2.45, 2.75) is 84.6 Å². The van der Waals surface area contributed by atoms with E-state index in [0.29, 0.717) is 25.9 Å². The van der Waals surface area contributed by atoms with Crippen molar-refractivity contribution in [1.29, 1.82) is 0 Å². The molecule has 1 fully saturated rings. The number of rotatable bonds is 15. The summed E-state index contributed by atoms with van der Waals surface area (Å²) in [5.74, 6) is 0.202. The van der Waals surface area contributed by atoms with Gasteiger partial charge in [-0.05, 0) is 30.5 Å². The van der Waals surface area contributed by atoms with Crippen LogP contribution >= 0.6 is 0 Å². The second kappa shape index (κ2) is 15.8. The Bertz CT molecular complexity index is 687. The fourth-order valence-corrected chi connectivity index (χ4v) is 4.31. The van der Waals surface area contributed by atoms with Crippen LogP contribution in [-0.4, -0.2) is 65.8 Å². The van der Waals surface area contributed by atoms with E-state index in [-0.39, 0.29) is 17.6 Å². The van der Waals surface area contributed by atoms with Crippen LogP contribution in [0.5, 0.6) is 0 Å². The molecule has 0 unspecified atom stereocenters. The van der Waals surface area contributed by atoms with E-state index in [9.17, 15) is 14.0 Å². The number of amides is 2. The van der Waals surface area contributed by atoms with Crippen LogP contribution in [-0.2, 0) is 16.1 Å². The minimum atomic E-state index is -0.257. The molecule has 1 aromatic rings. The summed E-state index contributed by atoms with van der Waals surface area (Å²) in [6.45, 7) is 9.58. The van der Waals surface area contributed by atoms with Crippen LogP contribution in [0.4, 0.5) is 4.39 Å². The molecule has 6 heteroatoms. The number of hydrogen-bond donors (Lipinski definition) is 0. The summed E-state index contributed by atoms with van der Waals surface area (Å²) in [4.78, 5) is 31.6. The number of nitrogens with zero attached hydrogens (tertiary/aromatic N) is 3. The first-order valence-corrected chi connectivity index (χ1v) is 13.1. The smallest absolute Gasteiger partial charge is 0.222 e. The Morgan fingerprint density at radius 3 is 2.12 bits per heavy atom. The van der Waals surface area contributed by atoms with Crippen LogP contribution in [0.3, 0.4) is 0 Å². The minimum Gasteiger partial charge on any atom is -0.340 e. The van der Waals surface area contributed by atoms with Crippen LogP contribution in [0.15, 0.2) is 24.3 Å². The van der Waals surface area contributed by atoms with Crippen molar-refractivity contribution in [2.24, 2.45) is 0 Å². The van der Waals surface area contributed by atoms with E-state index in [1.54, 1.807) is 12.1 Å². The Balaban J connectivity index is 1.77. The van der Waals surface area contributed by atoms with Crippen LogP contribution in [0.1, 0.15) is 83.6 Å². The normalized spacial score (nSPS) is 14.5. The Labute approximate surface area is 200 Å². The summed E-state index contributed by atoms with van der Waals surface area (Å²) in [7, 11) is 0. The van der Waals surface area contributed by atoms with Gasteiger partial charge < -0.3 is 9.80 Å². The molecular formula is C27H44FN3O2. The summed E-state index contributed by atoms with van der Waals surface area (Å²) >= 11 is 0. The number of carbonyl (C=O) groups excluding carboxylic acids is 2. The third-order valence-corrected chi connectivity index (χ3v) is 6.54. The molecule has 33 heavy (non-hydrogen) atoms. The van der Waals surface area contributed by atoms with E-state index in [1.165, 1.54) is 31.4 Å². The van der Waals surface area contributed by atoms with Crippen LogP contribution in [0.2, 0.25) is 0 Å². The molecule has 1 aromatic carbocycles. The standard InChI is InChI=1S/C27H44FN3O2/c1-3-5-7-8-10-12-26(32)30-20-17-29(18-21-30)19-22-31(27(33)11-9-6-4-2)23-24-13-15-25(28)16-14-24/h13-16H,3-12,17-23H2,1-2H3. The highest BCUT2D eigenvalue weighted by molar-refractivity contribution is 5.76.